The highest BCUT2D eigenvalue weighted by Gasteiger charge is 2.18. The summed E-state index contributed by atoms with van der Waals surface area (Å²) < 4.78 is 5.11. The predicted molar refractivity (Wildman–Crippen MR) is 81.1 cm³/mol. The second-order valence-electron chi connectivity index (χ2n) is 4.59. The molecule has 0 spiro atoms. The molecule has 0 radical (unpaired) electrons. The van der Waals surface area contributed by atoms with Crippen LogP contribution in [0, 0.1) is 11.3 Å². The largest absolute Gasteiger partial charge is 0.449 e. The highest BCUT2D eigenvalue weighted by atomic mass is 16.5. The van der Waals surface area contributed by atoms with Crippen LogP contribution >= 0.6 is 0 Å². The lowest BCUT2D eigenvalue weighted by molar-refractivity contribution is -0.123. The summed E-state index contributed by atoms with van der Waals surface area (Å²) in [6, 6.07) is 16.9. The van der Waals surface area contributed by atoms with Gasteiger partial charge in [0.15, 0.2) is 6.10 Å². The Morgan fingerprint density at radius 3 is 2.32 bits per heavy atom. The second kappa shape index (κ2) is 7.04. The molecule has 0 saturated heterocycles. The SMILES string of the molecule is C[C@H](OC(=O)c1ccc(C#N)cc1)C(=O)Nc1ccccc1. The number of ether oxygens (including phenoxy) is 1. The quantitative estimate of drug-likeness (QED) is 0.879. The molecule has 0 heterocycles. The molecule has 2 aromatic rings. The molecule has 0 aliphatic carbocycles. The van der Waals surface area contributed by atoms with Crippen LogP contribution in [0.4, 0.5) is 5.69 Å². The maximum Gasteiger partial charge on any atom is 0.338 e. The molecular formula is C17H14N2O3. The first kappa shape index (κ1) is 15.3. The van der Waals surface area contributed by atoms with Gasteiger partial charge in [0.1, 0.15) is 0 Å². The van der Waals surface area contributed by atoms with Crippen LogP contribution in [0.25, 0.3) is 0 Å². The smallest absolute Gasteiger partial charge is 0.338 e. The summed E-state index contributed by atoms with van der Waals surface area (Å²) in [4.78, 5) is 23.9. The molecule has 22 heavy (non-hydrogen) atoms. The molecule has 0 bridgehead atoms. The zero-order valence-electron chi connectivity index (χ0n) is 11.9. The van der Waals surface area contributed by atoms with Crippen molar-refractivity contribution in [3.05, 3.63) is 65.7 Å². The van der Waals surface area contributed by atoms with E-state index in [1.807, 2.05) is 12.1 Å². The topological polar surface area (TPSA) is 79.2 Å². The van der Waals surface area contributed by atoms with Crippen molar-refractivity contribution in [2.24, 2.45) is 0 Å². The van der Waals surface area contributed by atoms with E-state index in [4.69, 9.17) is 10.00 Å². The molecule has 110 valence electrons. The maximum absolute atomic E-state index is 11.9. The van der Waals surface area contributed by atoms with Gasteiger partial charge in [0.25, 0.3) is 5.91 Å². The summed E-state index contributed by atoms with van der Waals surface area (Å²) >= 11 is 0. The van der Waals surface area contributed by atoms with Crippen molar-refractivity contribution in [3.8, 4) is 6.07 Å². The van der Waals surface area contributed by atoms with Crippen LogP contribution in [0.1, 0.15) is 22.8 Å². The first-order valence-corrected chi connectivity index (χ1v) is 6.67. The van der Waals surface area contributed by atoms with Crippen LogP contribution in [-0.2, 0) is 9.53 Å². The fourth-order valence-electron chi connectivity index (χ4n) is 1.73. The predicted octanol–water partition coefficient (Wildman–Crippen LogP) is 2.74. The zero-order chi connectivity index (χ0) is 15.9. The van der Waals surface area contributed by atoms with Crippen LogP contribution in [0.15, 0.2) is 54.6 Å². The van der Waals surface area contributed by atoms with Gasteiger partial charge in [-0.15, -0.1) is 0 Å². The first-order valence-electron chi connectivity index (χ1n) is 6.67. The van der Waals surface area contributed by atoms with Crippen molar-refractivity contribution in [1.82, 2.24) is 0 Å². The number of hydrogen-bond donors (Lipinski definition) is 1. The minimum Gasteiger partial charge on any atom is -0.449 e. The van der Waals surface area contributed by atoms with Gasteiger partial charge in [0, 0.05) is 5.69 Å². The van der Waals surface area contributed by atoms with Gasteiger partial charge < -0.3 is 10.1 Å². The third-order valence-electron chi connectivity index (χ3n) is 2.94. The minimum absolute atomic E-state index is 0.290. The van der Waals surface area contributed by atoms with Crippen LogP contribution in [-0.4, -0.2) is 18.0 Å². The van der Waals surface area contributed by atoms with Gasteiger partial charge in [0.2, 0.25) is 0 Å². The Morgan fingerprint density at radius 2 is 1.73 bits per heavy atom. The van der Waals surface area contributed by atoms with Crippen LogP contribution in [0.3, 0.4) is 0 Å². The van der Waals surface area contributed by atoms with Crippen molar-refractivity contribution in [1.29, 1.82) is 5.26 Å². The van der Waals surface area contributed by atoms with Gasteiger partial charge in [0.05, 0.1) is 17.2 Å². The standard InChI is InChI=1S/C17H14N2O3/c1-12(16(20)19-15-5-3-2-4-6-15)22-17(21)14-9-7-13(11-18)8-10-14/h2-10,12H,1H3,(H,19,20)/t12-/m0/s1. The summed E-state index contributed by atoms with van der Waals surface area (Å²) in [6.07, 6.45) is -0.927. The zero-order valence-corrected chi connectivity index (χ0v) is 11.9. The number of para-hydroxylation sites is 1. The molecule has 0 saturated carbocycles. The number of rotatable bonds is 4. The summed E-state index contributed by atoms with van der Waals surface area (Å²) in [5.74, 6) is -1.02. The highest BCUT2D eigenvalue weighted by molar-refractivity contribution is 5.97. The van der Waals surface area contributed by atoms with Crippen LogP contribution < -0.4 is 5.32 Å². The van der Waals surface area contributed by atoms with Crippen molar-refractivity contribution in [3.63, 3.8) is 0 Å². The Balaban J connectivity index is 1.95. The Morgan fingerprint density at radius 1 is 1.09 bits per heavy atom. The van der Waals surface area contributed by atoms with E-state index < -0.39 is 18.0 Å². The van der Waals surface area contributed by atoms with E-state index >= 15 is 0 Å². The van der Waals surface area contributed by atoms with E-state index in [0.29, 0.717) is 16.8 Å². The van der Waals surface area contributed by atoms with E-state index in [0.717, 1.165) is 0 Å². The summed E-state index contributed by atoms with van der Waals surface area (Å²) in [5, 5.41) is 11.4. The third kappa shape index (κ3) is 3.93. The first-order chi connectivity index (χ1) is 10.6. The van der Waals surface area contributed by atoms with Gasteiger partial charge in [-0.25, -0.2) is 4.79 Å². The number of anilines is 1. The van der Waals surface area contributed by atoms with E-state index in [2.05, 4.69) is 5.32 Å². The van der Waals surface area contributed by atoms with Crippen molar-refractivity contribution >= 4 is 17.6 Å². The summed E-state index contributed by atoms with van der Waals surface area (Å²) in [6.45, 7) is 1.50. The fraction of sp³-hybridized carbons (Fsp3) is 0.118. The van der Waals surface area contributed by atoms with Crippen molar-refractivity contribution < 1.29 is 14.3 Å². The normalized spacial score (nSPS) is 11.1. The molecular weight excluding hydrogens is 280 g/mol. The summed E-state index contributed by atoms with van der Waals surface area (Å²) in [5.41, 5.74) is 1.37. The highest BCUT2D eigenvalue weighted by Crippen LogP contribution is 2.09. The molecule has 1 amide bonds. The number of benzene rings is 2. The third-order valence-corrected chi connectivity index (χ3v) is 2.94. The van der Waals surface area contributed by atoms with Gasteiger partial charge in [-0.2, -0.15) is 5.26 Å². The average molecular weight is 294 g/mol. The van der Waals surface area contributed by atoms with E-state index in [1.165, 1.54) is 31.2 Å². The summed E-state index contributed by atoms with van der Waals surface area (Å²) in [7, 11) is 0. The Labute approximate surface area is 128 Å². The Kier molecular flexibility index (Phi) is 4.89. The monoisotopic (exact) mass is 294 g/mol. The Hall–Kier alpha value is -3.13. The number of nitrogens with one attached hydrogen (secondary N) is 1. The van der Waals surface area contributed by atoms with Crippen LogP contribution in [0.5, 0.6) is 0 Å². The molecule has 1 atom stereocenters. The van der Waals surface area contributed by atoms with Crippen LogP contribution in [0.2, 0.25) is 0 Å². The van der Waals surface area contributed by atoms with Gasteiger partial charge >= 0.3 is 5.97 Å². The van der Waals surface area contributed by atoms with E-state index in [9.17, 15) is 9.59 Å². The van der Waals surface area contributed by atoms with Gasteiger partial charge in [-0.1, -0.05) is 18.2 Å². The molecule has 2 aromatic carbocycles. The Bertz CT molecular complexity index is 703. The molecule has 0 unspecified atom stereocenters. The number of carbonyl (C=O) groups excluding carboxylic acids is 2. The molecule has 1 N–H and O–H groups in total. The van der Waals surface area contributed by atoms with Gasteiger partial charge in [-0.3, -0.25) is 4.79 Å². The van der Waals surface area contributed by atoms with E-state index in [-0.39, 0.29) is 0 Å². The fourth-order valence-corrected chi connectivity index (χ4v) is 1.73. The second-order valence-corrected chi connectivity index (χ2v) is 4.59. The molecule has 5 nitrogen and oxygen atoms in total. The minimum atomic E-state index is -0.927. The molecule has 0 aromatic heterocycles. The molecule has 2 rings (SSSR count). The van der Waals surface area contributed by atoms with Crippen molar-refractivity contribution in [2.75, 3.05) is 5.32 Å². The lowest BCUT2D eigenvalue weighted by atomic mass is 10.1. The molecule has 0 fully saturated rings. The lowest BCUT2D eigenvalue weighted by Gasteiger charge is -2.13. The number of hydrogen-bond acceptors (Lipinski definition) is 4. The number of esters is 1. The lowest BCUT2D eigenvalue weighted by Crippen LogP contribution is -2.29. The molecule has 0 aliphatic rings. The van der Waals surface area contributed by atoms with Gasteiger partial charge in [-0.05, 0) is 43.3 Å². The van der Waals surface area contributed by atoms with Crippen molar-refractivity contribution in [2.45, 2.75) is 13.0 Å². The average Bonchev–Trinajstić information content (AvgIpc) is 2.55. The number of nitrogens with zero attached hydrogens (tertiary/aromatic N) is 1. The number of amides is 1. The number of carbonyl (C=O) groups is 2. The molecule has 5 heteroatoms. The van der Waals surface area contributed by atoms with E-state index in [1.54, 1.807) is 24.3 Å². The number of nitriles is 1. The maximum atomic E-state index is 11.9. The molecule has 0 aliphatic heterocycles.